The molecule has 1 amide bonds. The summed E-state index contributed by atoms with van der Waals surface area (Å²) < 4.78 is 29.5. The molecule has 0 bridgehead atoms. The number of hydrogen-bond acceptors (Lipinski definition) is 3. The number of carbonyl (C=O) groups is 1. The predicted molar refractivity (Wildman–Crippen MR) is 67.7 cm³/mol. The second kappa shape index (κ2) is 4.59. The summed E-state index contributed by atoms with van der Waals surface area (Å²) in [5.74, 6) is -1.93. The van der Waals surface area contributed by atoms with Crippen molar-refractivity contribution >= 4 is 11.6 Å². The number of aromatic nitrogens is 2. The third kappa shape index (κ3) is 1.91. The number of carbonyl (C=O) groups excluding carboxylic acids is 1. The molecule has 2 aromatic rings. The van der Waals surface area contributed by atoms with Gasteiger partial charge in [0.2, 0.25) is 0 Å². The van der Waals surface area contributed by atoms with Crippen molar-refractivity contribution in [3.8, 4) is 0 Å². The summed E-state index contributed by atoms with van der Waals surface area (Å²) in [5.41, 5.74) is 4.54. The van der Waals surface area contributed by atoms with Gasteiger partial charge in [-0.15, -0.1) is 0 Å². The fraction of sp³-hybridized carbons (Fsp3) is 0.231. The molecular weight excluding hydrogens is 266 g/mol. The van der Waals surface area contributed by atoms with Crippen LogP contribution in [0.4, 0.5) is 14.5 Å². The van der Waals surface area contributed by atoms with Gasteiger partial charge in [0.05, 0.1) is 12.2 Å². The lowest BCUT2D eigenvalue weighted by Crippen LogP contribution is -2.39. The van der Waals surface area contributed by atoms with Crippen LogP contribution < -0.4 is 5.73 Å². The van der Waals surface area contributed by atoms with E-state index in [1.54, 1.807) is 12.4 Å². The van der Waals surface area contributed by atoms with Gasteiger partial charge >= 0.3 is 0 Å². The first-order valence-electron chi connectivity index (χ1n) is 6.10. The molecule has 0 saturated heterocycles. The quantitative estimate of drug-likeness (QED) is 0.802. The summed E-state index contributed by atoms with van der Waals surface area (Å²) in [6.45, 7) is 1.14. The molecule has 2 heterocycles. The van der Waals surface area contributed by atoms with Gasteiger partial charge in [-0.05, 0) is 12.1 Å². The van der Waals surface area contributed by atoms with E-state index in [0.717, 1.165) is 12.1 Å². The van der Waals surface area contributed by atoms with E-state index in [0.29, 0.717) is 18.9 Å². The molecule has 0 spiro atoms. The number of nitrogen functional groups attached to an aromatic ring is 1. The molecule has 7 heteroatoms. The minimum Gasteiger partial charge on any atom is -0.396 e. The zero-order chi connectivity index (χ0) is 14.3. The zero-order valence-corrected chi connectivity index (χ0v) is 10.5. The Hall–Kier alpha value is -2.44. The first-order chi connectivity index (χ1) is 9.58. The van der Waals surface area contributed by atoms with Crippen molar-refractivity contribution in [3.63, 3.8) is 0 Å². The molecule has 1 aliphatic rings. The Morgan fingerprint density at radius 3 is 2.90 bits per heavy atom. The molecule has 5 nitrogen and oxygen atoms in total. The fourth-order valence-electron chi connectivity index (χ4n) is 2.27. The third-order valence-electron chi connectivity index (χ3n) is 3.37. The summed E-state index contributed by atoms with van der Waals surface area (Å²) in [6, 6.07) is 2.10. The van der Waals surface area contributed by atoms with Gasteiger partial charge in [0.25, 0.3) is 5.91 Å². The van der Waals surface area contributed by atoms with Crippen LogP contribution in [0.25, 0.3) is 0 Å². The number of nitrogens with zero attached hydrogens (tertiary/aromatic N) is 3. The highest BCUT2D eigenvalue weighted by Crippen LogP contribution is 2.22. The summed E-state index contributed by atoms with van der Waals surface area (Å²) in [7, 11) is 0. The minimum absolute atomic E-state index is 0.222. The van der Waals surface area contributed by atoms with Gasteiger partial charge in [-0.25, -0.2) is 13.8 Å². The number of benzene rings is 1. The topological polar surface area (TPSA) is 64.2 Å². The maximum Gasteiger partial charge on any atom is 0.260 e. The lowest BCUT2D eigenvalue weighted by Gasteiger charge is -2.28. The van der Waals surface area contributed by atoms with Crippen molar-refractivity contribution in [1.82, 2.24) is 14.5 Å². The smallest absolute Gasteiger partial charge is 0.260 e. The van der Waals surface area contributed by atoms with Crippen LogP contribution in [0.15, 0.2) is 24.5 Å². The van der Waals surface area contributed by atoms with Crippen LogP contribution in [0.1, 0.15) is 16.2 Å². The summed E-state index contributed by atoms with van der Waals surface area (Å²) in [5, 5.41) is 0. The Labute approximate surface area is 113 Å². The lowest BCUT2D eigenvalue weighted by molar-refractivity contribution is 0.0697. The predicted octanol–water partition coefficient (Wildman–Crippen LogP) is 1.40. The summed E-state index contributed by atoms with van der Waals surface area (Å²) >= 11 is 0. The van der Waals surface area contributed by atoms with Gasteiger partial charge in [-0.3, -0.25) is 4.79 Å². The Balaban J connectivity index is 1.93. The van der Waals surface area contributed by atoms with Crippen LogP contribution in [0.3, 0.4) is 0 Å². The second-order valence-electron chi connectivity index (χ2n) is 4.59. The molecule has 0 atom stereocenters. The number of nitrogens with two attached hydrogens (primary N) is 1. The molecule has 0 unspecified atom stereocenters. The van der Waals surface area contributed by atoms with E-state index in [1.165, 1.54) is 4.90 Å². The first-order valence-corrected chi connectivity index (χ1v) is 6.10. The van der Waals surface area contributed by atoms with Crippen molar-refractivity contribution in [2.45, 2.75) is 13.1 Å². The highest BCUT2D eigenvalue weighted by atomic mass is 19.1. The van der Waals surface area contributed by atoms with Gasteiger partial charge in [0.15, 0.2) is 5.82 Å². The Bertz CT molecular complexity index is 683. The lowest BCUT2D eigenvalue weighted by atomic mass is 10.1. The largest absolute Gasteiger partial charge is 0.396 e. The SMILES string of the molecule is Nc1ccc(F)c(C(=O)N2CCn3ccnc3C2)c1F. The molecule has 1 aliphatic heterocycles. The van der Waals surface area contributed by atoms with E-state index in [9.17, 15) is 13.6 Å². The molecule has 20 heavy (non-hydrogen) atoms. The van der Waals surface area contributed by atoms with Gasteiger partial charge < -0.3 is 15.2 Å². The molecule has 1 aromatic heterocycles. The van der Waals surface area contributed by atoms with Crippen LogP contribution in [0, 0.1) is 11.6 Å². The zero-order valence-electron chi connectivity index (χ0n) is 10.5. The Kier molecular flexibility index (Phi) is 2.89. The van der Waals surface area contributed by atoms with E-state index in [4.69, 9.17) is 5.73 Å². The molecule has 0 radical (unpaired) electrons. The van der Waals surface area contributed by atoms with Crippen LogP contribution in [0.2, 0.25) is 0 Å². The van der Waals surface area contributed by atoms with E-state index >= 15 is 0 Å². The normalized spacial score (nSPS) is 14.2. The van der Waals surface area contributed by atoms with Crippen LogP contribution in [0.5, 0.6) is 0 Å². The standard InChI is InChI=1S/C13H12F2N4O/c14-8-1-2-9(16)12(15)11(8)13(20)19-6-5-18-4-3-17-10(18)7-19/h1-4H,5-7,16H2. The average molecular weight is 278 g/mol. The average Bonchev–Trinajstić information content (AvgIpc) is 2.90. The van der Waals surface area contributed by atoms with Crippen LogP contribution >= 0.6 is 0 Å². The minimum atomic E-state index is -1.01. The second-order valence-corrected chi connectivity index (χ2v) is 4.59. The van der Waals surface area contributed by atoms with Crippen molar-refractivity contribution in [2.24, 2.45) is 0 Å². The van der Waals surface area contributed by atoms with Crippen molar-refractivity contribution in [2.75, 3.05) is 12.3 Å². The van der Waals surface area contributed by atoms with Gasteiger partial charge in [-0.2, -0.15) is 0 Å². The number of hydrogen-bond donors (Lipinski definition) is 1. The fourth-order valence-corrected chi connectivity index (χ4v) is 2.27. The number of rotatable bonds is 1. The summed E-state index contributed by atoms with van der Waals surface area (Å²) in [6.07, 6.45) is 3.43. The number of imidazole rings is 1. The van der Waals surface area contributed by atoms with Crippen LogP contribution in [-0.2, 0) is 13.1 Å². The summed E-state index contributed by atoms with van der Waals surface area (Å²) in [4.78, 5) is 17.7. The molecule has 0 aliphatic carbocycles. The molecule has 1 aromatic carbocycles. The molecular formula is C13H12F2N4O. The van der Waals surface area contributed by atoms with Gasteiger partial charge in [0.1, 0.15) is 17.2 Å². The van der Waals surface area contributed by atoms with Crippen LogP contribution in [-0.4, -0.2) is 26.9 Å². The highest BCUT2D eigenvalue weighted by molar-refractivity contribution is 5.95. The van der Waals surface area contributed by atoms with Crippen molar-refractivity contribution in [1.29, 1.82) is 0 Å². The van der Waals surface area contributed by atoms with E-state index in [-0.39, 0.29) is 12.2 Å². The maximum absolute atomic E-state index is 13.9. The number of anilines is 1. The number of halogens is 2. The monoisotopic (exact) mass is 278 g/mol. The number of fused-ring (bicyclic) bond motifs is 1. The van der Waals surface area contributed by atoms with Crippen molar-refractivity contribution < 1.29 is 13.6 Å². The molecule has 104 valence electrons. The van der Waals surface area contributed by atoms with E-state index in [1.807, 2.05) is 4.57 Å². The Morgan fingerprint density at radius 2 is 2.10 bits per heavy atom. The van der Waals surface area contributed by atoms with E-state index in [2.05, 4.69) is 4.98 Å². The van der Waals surface area contributed by atoms with E-state index < -0.39 is 23.1 Å². The first kappa shape index (κ1) is 12.6. The molecule has 0 saturated carbocycles. The van der Waals surface area contributed by atoms with Crippen molar-refractivity contribution in [3.05, 3.63) is 47.5 Å². The molecule has 0 fully saturated rings. The number of amides is 1. The van der Waals surface area contributed by atoms with Gasteiger partial charge in [-0.1, -0.05) is 0 Å². The molecule has 3 rings (SSSR count). The highest BCUT2D eigenvalue weighted by Gasteiger charge is 2.27. The third-order valence-corrected chi connectivity index (χ3v) is 3.37. The maximum atomic E-state index is 13.9. The van der Waals surface area contributed by atoms with Gasteiger partial charge in [0, 0.05) is 25.5 Å². The Morgan fingerprint density at radius 1 is 1.30 bits per heavy atom. The molecule has 2 N–H and O–H groups in total.